The topological polar surface area (TPSA) is 28.2 Å². The van der Waals surface area contributed by atoms with Gasteiger partial charge in [0.1, 0.15) is 11.6 Å². The summed E-state index contributed by atoms with van der Waals surface area (Å²) in [4.78, 5) is 6.62. The highest BCUT2D eigenvalue weighted by molar-refractivity contribution is 5.69. The van der Waals surface area contributed by atoms with Gasteiger partial charge in [-0.2, -0.15) is 0 Å². The van der Waals surface area contributed by atoms with Gasteiger partial charge in [-0.15, -0.1) is 0 Å². The van der Waals surface area contributed by atoms with Gasteiger partial charge in [-0.1, -0.05) is 19.1 Å². The third-order valence-electron chi connectivity index (χ3n) is 3.63. The van der Waals surface area contributed by atoms with Crippen LogP contribution in [-0.4, -0.2) is 18.1 Å². The average molecular weight is 271 g/mol. The molecule has 0 fully saturated rings. The maximum absolute atomic E-state index is 13.5. The number of hydrogen-bond donors (Lipinski definition) is 1. The van der Waals surface area contributed by atoms with E-state index in [0.29, 0.717) is 0 Å². The second-order valence-electron chi connectivity index (χ2n) is 4.94. The monoisotopic (exact) mass is 271 g/mol. The van der Waals surface area contributed by atoms with Crippen LogP contribution in [0.1, 0.15) is 18.1 Å². The fourth-order valence-electron chi connectivity index (χ4n) is 2.64. The predicted molar refractivity (Wildman–Crippen MR) is 78.7 cm³/mol. The summed E-state index contributed by atoms with van der Waals surface area (Å²) in [6, 6.07) is 9.02. The Morgan fingerprint density at radius 2 is 2.25 bits per heavy atom. The molecule has 0 saturated heterocycles. The van der Waals surface area contributed by atoms with Crippen molar-refractivity contribution in [3.05, 3.63) is 53.5 Å². The minimum Gasteiger partial charge on any atom is -0.325 e. The zero-order valence-electron chi connectivity index (χ0n) is 11.6. The lowest BCUT2D eigenvalue weighted by molar-refractivity contribution is 0.628. The summed E-state index contributed by atoms with van der Waals surface area (Å²) in [5.41, 5.74) is 3.28. The Kier molecular flexibility index (Phi) is 3.65. The van der Waals surface area contributed by atoms with E-state index in [2.05, 4.69) is 28.2 Å². The number of nitrogens with one attached hydrogen (secondary N) is 1. The molecule has 1 aromatic carbocycles. The van der Waals surface area contributed by atoms with Gasteiger partial charge in [0, 0.05) is 30.5 Å². The molecule has 0 radical (unpaired) electrons. The standard InChI is InChI=1S/C16H18FN3/c1-2-18-11-13-4-3-8-19-16(13)20-9-7-12-5-6-14(17)10-15(12)20/h3-6,8,10,18H,2,7,9,11H2,1H3. The Balaban J connectivity index is 1.97. The first-order valence-corrected chi connectivity index (χ1v) is 7.00. The molecule has 1 aliphatic heterocycles. The molecule has 0 atom stereocenters. The van der Waals surface area contributed by atoms with Gasteiger partial charge in [-0.05, 0) is 36.7 Å². The molecule has 4 heteroatoms. The molecule has 0 unspecified atom stereocenters. The maximum atomic E-state index is 13.5. The van der Waals surface area contributed by atoms with E-state index in [0.717, 1.165) is 43.1 Å². The van der Waals surface area contributed by atoms with Crippen LogP contribution in [0.5, 0.6) is 0 Å². The summed E-state index contributed by atoms with van der Waals surface area (Å²) in [6.45, 7) is 4.63. The molecule has 1 aromatic heterocycles. The molecule has 0 amide bonds. The average Bonchev–Trinajstić information content (AvgIpc) is 2.88. The predicted octanol–water partition coefficient (Wildman–Crippen LogP) is 3.02. The highest BCUT2D eigenvalue weighted by Crippen LogP contribution is 2.35. The minimum absolute atomic E-state index is 0.195. The van der Waals surface area contributed by atoms with Crippen LogP contribution in [0, 0.1) is 5.82 Å². The number of fused-ring (bicyclic) bond motifs is 1. The van der Waals surface area contributed by atoms with Gasteiger partial charge in [0.25, 0.3) is 0 Å². The van der Waals surface area contributed by atoms with Gasteiger partial charge in [0.15, 0.2) is 0 Å². The molecular weight excluding hydrogens is 253 g/mol. The van der Waals surface area contributed by atoms with Crippen molar-refractivity contribution in [2.75, 3.05) is 18.0 Å². The summed E-state index contributed by atoms with van der Waals surface area (Å²) in [6.07, 6.45) is 2.73. The molecule has 0 saturated carbocycles. The third-order valence-corrected chi connectivity index (χ3v) is 3.63. The summed E-state index contributed by atoms with van der Waals surface area (Å²) in [7, 11) is 0. The number of benzene rings is 1. The van der Waals surface area contributed by atoms with E-state index in [9.17, 15) is 4.39 Å². The number of rotatable bonds is 4. The second kappa shape index (κ2) is 5.59. The molecule has 0 bridgehead atoms. The van der Waals surface area contributed by atoms with Crippen LogP contribution < -0.4 is 10.2 Å². The Hall–Kier alpha value is -1.94. The molecule has 2 aromatic rings. The highest BCUT2D eigenvalue weighted by atomic mass is 19.1. The molecule has 0 spiro atoms. The van der Waals surface area contributed by atoms with Crippen molar-refractivity contribution < 1.29 is 4.39 Å². The first-order valence-electron chi connectivity index (χ1n) is 7.00. The van der Waals surface area contributed by atoms with Crippen LogP contribution in [0.3, 0.4) is 0 Å². The quantitative estimate of drug-likeness (QED) is 0.926. The first-order chi connectivity index (χ1) is 9.79. The van der Waals surface area contributed by atoms with E-state index < -0.39 is 0 Å². The summed E-state index contributed by atoms with van der Waals surface area (Å²) < 4.78 is 13.5. The normalized spacial score (nSPS) is 13.6. The molecule has 20 heavy (non-hydrogen) atoms. The Labute approximate surface area is 118 Å². The fourth-order valence-corrected chi connectivity index (χ4v) is 2.64. The molecule has 1 aliphatic rings. The Morgan fingerprint density at radius 3 is 3.10 bits per heavy atom. The van der Waals surface area contributed by atoms with E-state index in [1.165, 1.54) is 11.6 Å². The zero-order chi connectivity index (χ0) is 13.9. The van der Waals surface area contributed by atoms with E-state index in [1.807, 2.05) is 12.1 Å². The van der Waals surface area contributed by atoms with E-state index in [1.54, 1.807) is 12.3 Å². The molecule has 1 N–H and O–H groups in total. The minimum atomic E-state index is -0.195. The van der Waals surface area contributed by atoms with Crippen LogP contribution in [0.4, 0.5) is 15.9 Å². The lowest BCUT2D eigenvalue weighted by atomic mass is 10.1. The van der Waals surface area contributed by atoms with Gasteiger partial charge >= 0.3 is 0 Å². The molecule has 2 heterocycles. The summed E-state index contributed by atoms with van der Waals surface area (Å²) in [5, 5.41) is 3.32. The van der Waals surface area contributed by atoms with Gasteiger partial charge in [0.2, 0.25) is 0 Å². The van der Waals surface area contributed by atoms with Crippen molar-refractivity contribution in [3.63, 3.8) is 0 Å². The van der Waals surface area contributed by atoms with Gasteiger partial charge in [-0.3, -0.25) is 0 Å². The number of pyridine rings is 1. The van der Waals surface area contributed by atoms with Crippen LogP contribution in [0.25, 0.3) is 0 Å². The van der Waals surface area contributed by atoms with Crippen molar-refractivity contribution in [3.8, 4) is 0 Å². The maximum Gasteiger partial charge on any atom is 0.137 e. The summed E-state index contributed by atoms with van der Waals surface area (Å²) in [5.74, 6) is 0.734. The van der Waals surface area contributed by atoms with Gasteiger partial charge in [-0.25, -0.2) is 9.37 Å². The number of nitrogens with zero attached hydrogens (tertiary/aromatic N) is 2. The number of anilines is 2. The Bertz CT molecular complexity index is 612. The second-order valence-corrected chi connectivity index (χ2v) is 4.94. The Morgan fingerprint density at radius 1 is 1.35 bits per heavy atom. The van der Waals surface area contributed by atoms with Crippen LogP contribution in [-0.2, 0) is 13.0 Å². The highest BCUT2D eigenvalue weighted by Gasteiger charge is 2.23. The lowest BCUT2D eigenvalue weighted by Gasteiger charge is -2.21. The van der Waals surface area contributed by atoms with Crippen molar-refractivity contribution in [1.82, 2.24) is 10.3 Å². The number of halogens is 1. The lowest BCUT2D eigenvalue weighted by Crippen LogP contribution is -2.20. The number of aromatic nitrogens is 1. The van der Waals surface area contributed by atoms with Crippen molar-refractivity contribution in [1.29, 1.82) is 0 Å². The largest absolute Gasteiger partial charge is 0.325 e. The first kappa shape index (κ1) is 13.1. The van der Waals surface area contributed by atoms with E-state index in [4.69, 9.17) is 0 Å². The van der Waals surface area contributed by atoms with Crippen molar-refractivity contribution in [2.45, 2.75) is 19.9 Å². The van der Waals surface area contributed by atoms with Crippen LogP contribution >= 0.6 is 0 Å². The van der Waals surface area contributed by atoms with Crippen molar-refractivity contribution in [2.24, 2.45) is 0 Å². The van der Waals surface area contributed by atoms with Crippen molar-refractivity contribution >= 4 is 11.5 Å². The SMILES string of the molecule is CCNCc1cccnc1N1CCc2ccc(F)cc21. The van der Waals surface area contributed by atoms with E-state index >= 15 is 0 Å². The van der Waals surface area contributed by atoms with Gasteiger partial charge < -0.3 is 10.2 Å². The zero-order valence-corrected chi connectivity index (χ0v) is 11.6. The molecule has 3 nitrogen and oxygen atoms in total. The molecule has 0 aliphatic carbocycles. The summed E-state index contributed by atoms with van der Waals surface area (Å²) >= 11 is 0. The smallest absolute Gasteiger partial charge is 0.137 e. The molecule has 3 rings (SSSR count). The van der Waals surface area contributed by atoms with E-state index in [-0.39, 0.29) is 5.82 Å². The number of hydrogen-bond acceptors (Lipinski definition) is 3. The third kappa shape index (κ3) is 2.39. The fraction of sp³-hybridized carbons (Fsp3) is 0.312. The van der Waals surface area contributed by atoms with Crippen LogP contribution in [0.15, 0.2) is 36.5 Å². The van der Waals surface area contributed by atoms with Crippen LogP contribution in [0.2, 0.25) is 0 Å². The van der Waals surface area contributed by atoms with Gasteiger partial charge in [0.05, 0.1) is 0 Å². The molecule has 104 valence electrons. The molecular formula is C16H18FN3.